The van der Waals surface area contributed by atoms with Gasteiger partial charge in [-0.05, 0) is 12.8 Å². The van der Waals surface area contributed by atoms with Gasteiger partial charge in [-0.2, -0.15) is 0 Å². The van der Waals surface area contributed by atoms with Gasteiger partial charge >= 0.3 is 6.03 Å². The summed E-state index contributed by atoms with van der Waals surface area (Å²) < 4.78 is 10.6. The van der Waals surface area contributed by atoms with Crippen LogP contribution in [0.1, 0.15) is 23.4 Å². The third kappa shape index (κ3) is 2.75. The SMILES string of the molecule is CN1C(=O)N(C)C2(CCN(C(=O)c3cc(N4CCOCC4)no3)CC2)C1=O. The Labute approximate surface area is 156 Å². The maximum Gasteiger partial charge on any atom is 0.327 e. The van der Waals surface area contributed by atoms with Crippen LogP contribution in [0.3, 0.4) is 0 Å². The molecule has 27 heavy (non-hydrogen) atoms. The van der Waals surface area contributed by atoms with Crippen LogP contribution in [0.15, 0.2) is 10.6 Å². The number of carbonyl (C=O) groups is 3. The Morgan fingerprint density at radius 3 is 2.37 bits per heavy atom. The Kier molecular flexibility index (Phi) is 4.29. The van der Waals surface area contributed by atoms with Crippen molar-refractivity contribution >= 4 is 23.7 Å². The number of urea groups is 1. The molecule has 0 aromatic carbocycles. The van der Waals surface area contributed by atoms with Crippen LogP contribution in [0.25, 0.3) is 0 Å². The van der Waals surface area contributed by atoms with Gasteiger partial charge in [-0.15, -0.1) is 0 Å². The number of morpholine rings is 1. The first-order valence-electron chi connectivity index (χ1n) is 9.09. The summed E-state index contributed by atoms with van der Waals surface area (Å²) in [6.07, 6.45) is 0.823. The number of hydrogen-bond donors (Lipinski definition) is 0. The van der Waals surface area contributed by atoms with E-state index in [1.807, 2.05) is 4.90 Å². The summed E-state index contributed by atoms with van der Waals surface area (Å²) in [6.45, 7) is 3.43. The predicted molar refractivity (Wildman–Crippen MR) is 93.3 cm³/mol. The van der Waals surface area contributed by atoms with Gasteiger partial charge in [0.25, 0.3) is 11.8 Å². The zero-order valence-corrected chi connectivity index (χ0v) is 15.5. The summed E-state index contributed by atoms with van der Waals surface area (Å²) in [4.78, 5) is 43.7. The minimum absolute atomic E-state index is 0.187. The topological polar surface area (TPSA) is 99.4 Å². The lowest BCUT2D eigenvalue weighted by atomic mass is 9.86. The van der Waals surface area contributed by atoms with Gasteiger partial charge in [0.15, 0.2) is 5.82 Å². The van der Waals surface area contributed by atoms with E-state index in [0.29, 0.717) is 58.1 Å². The molecule has 0 N–H and O–H groups in total. The molecule has 4 rings (SSSR count). The first-order valence-corrected chi connectivity index (χ1v) is 9.09. The highest BCUT2D eigenvalue weighted by Gasteiger charge is 2.55. The van der Waals surface area contributed by atoms with Crippen LogP contribution in [0, 0.1) is 0 Å². The monoisotopic (exact) mass is 377 g/mol. The minimum atomic E-state index is -0.844. The maximum absolute atomic E-state index is 12.8. The fraction of sp³-hybridized carbons (Fsp3) is 0.647. The largest absolute Gasteiger partial charge is 0.378 e. The van der Waals surface area contributed by atoms with Crippen LogP contribution in [0.5, 0.6) is 0 Å². The number of anilines is 1. The summed E-state index contributed by atoms with van der Waals surface area (Å²) in [5.74, 6) is 0.376. The summed E-state index contributed by atoms with van der Waals surface area (Å²) >= 11 is 0. The molecule has 0 unspecified atom stereocenters. The molecule has 3 aliphatic rings. The summed E-state index contributed by atoms with van der Waals surface area (Å²) in [5, 5.41) is 4.00. The highest BCUT2D eigenvalue weighted by molar-refractivity contribution is 6.06. The second-order valence-corrected chi connectivity index (χ2v) is 7.18. The quantitative estimate of drug-likeness (QED) is 0.670. The second-order valence-electron chi connectivity index (χ2n) is 7.18. The van der Waals surface area contributed by atoms with Gasteiger partial charge in [-0.1, -0.05) is 5.16 Å². The lowest BCUT2D eigenvalue weighted by Gasteiger charge is -2.40. The third-order valence-corrected chi connectivity index (χ3v) is 5.84. The van der Waals surface area contributed by atoms with E-state index in [-0.39, 0.29) is 23.6 Å². The highest BCUT2D eigenvalue weighted by Crippen LogP contribution is 2.35. The number of nitrogens with zero attached hydrogens (tertiary/aromatic N) is 5. The maximum atomic E-state index is 12.8. The number of rotatable bonds is 2. The number of likely N-dealkylation sites (tertiary alicyclic amines) is 1. The zero-order chi connectivity index (χ0) is 19.2. The van der Waals surface area contributed by atoms with E-state index in [2.05, 4.69) is 5.16 Å². The third-order valence-electron chi connectivity index (χ3n) is 5.84. The number of likely N-dealkylation sites (N-methyl/N-ethyl adjacent to an activating group) is 2. The number of piperidine rings is 1. The van der Waals surface area contributed by atoms with Crippen molar-refractivity contribution in [1.29, 1.82) is 0 Å². The Hall–Kier alpha value is -2.62. The van der Waals surface area contributed by atoms with Crippen LogP contribution in [0.4, 0.5) is 10.6 Å². The van der Waals surface area contributed by atoms with Gasteiger partial charge in [0.2, 0.25) is 5.76 Å². The molecule has 10 heteroatoms. The van der Waals surface area contributed by atoms with Crippen molar-refractivity contribution in [2.75, 3.05) is 58.4 Å². The number of aromatic nitrogens is 1. The summed E-state index contributed by atoms with van der Waals surface area (Å²) in [5.41, 5.74) is -0.844. The Morgan fingerprint density at radius 1 is 1.11 bits per heavy atom. The lowest BCUT2D eigenvalue weighted by molar-refractivity contribution is -0.134. The molecule has 1 spiro atoms. The smallest absolute Gasteiger partial charge is 0.327 e. The van der Waals surface area contributed by atoms with Gasteiger partial charge in [-0.25, -0.2) is 4.79 Å². The Balaban J connectivity index is 1.43. The van der Waals surface area contributed by atoms with Crippen molar-refractivity contribution < 1.29 is 23.6 Å². The van der Waals surface area contributed by atoms with E-state index in [9.17, 15) is 14.4 Å². The molecule has 1 aromatic heterocycles. The van der Waals surface area contributed by atoms with E-state index in [1.54, 1.807) is 18.0 Å². The fourth-order valence-electron chi connectivity index (χ4n) is 4.04. The molecule has 1 aromatic rings. The molecule has 0 atom stereocenters. The summed E-state index contributed by atoms with van der Waals surface area (Å²) in [7, 11) is 3.14. The summed E-state index contributed by atoms with van der Waals surface area (Å²) in [6, 6.07) is 1.35. The van der Waals surface area contributed by atoms with Gasteiger partial charge in [0.1, 0.15) is 5.54 Å². The minimum Gasteiger partial charge on any atom is -0.378 e. The number of carbonyl (C=O) groups excluding carboxylic acids is 3. The average molecular weight is 377 g/mol. The Bertz CT molecular complexity index is 764. The number of hydrogen-bond acceptors (Lipinski definition) is 7. The fourth-order valence-corrected chi connectivity index (χ4v) is 4.04. The molecule has 0 aliphatic carbocycles. The first kappa shape index (κ1) is 17.8. The van der Waals surface area contributed by atoms with Crippen LogP contribution < -0.4 is 4.90 Å². The second kappa shape index (κ2) is 6.52. The van der Waals surface area contributed by atoms with Gasteiger partial charge in [0, 0.05) is 46.3 Å². The lowest BCUT2D eigenvalue weighted by Crippen LogP contribution is -2.56. The molecular formula is C17H23N5O5. The Morgan fingerprint density at radius 2 is 1.78 bits per heavy atom. The molecule has 4 heterocycles. The van der Waals surface area contributed by atoms with E-state index < -0.39 is 5.54 Å². The molecule has 4 amide bonds. The number of imide groups is 1. The molecular weight excluding hydrogens is 354 g/mol. The van der Waals surface area contributed by atoms with E-state index >= 15 is 0 Å². The van der Waals surface area contributed by atoms with E-state index in [1.165, 1.54) is 11.9 Å². The average Bonchev–Trinajstić information content (AvgIpc) is 3.26. The van der Waals surface area contributed by atoms with Crippen molar-refractivity contribution in [3.8, 4) is 0 Å². The van der Waals surface area contributed by atoms with Crippen LogP contribution in [-0.2, 0) is 9.53 Å². The van der Waals surface area contributed by atoms with Crippen molar-refractivity contribution in [2.24, 2.45) is 0 Å². The van der Waals surface area contributed by atoms with Crippen LogP contribution in [0.2, 0.25) is 0 Å². The molecule has 146 valence electrons. The molecule has 10 nitrogen and oxygen atoms in total. The van der Waals surface area contributed by atoms with Gasteiger partial charge < -0.3 is 24.0 Å². The van der Waals surface area contributed by atoms with Gasteiger partial charge in [-0.3, -0.25) is 14.5 Å². The van der Waals surface area contributed by atoms with Gasteiger partial charge in [0.05, 0.1) is 13.2 Å². The molecule has 0 saturated carbocycles. The molecule has 3 saturated heterocycles. The predicted octanol–water partition coefficient (Wildman–Crippen LogP) is 0.00980. The van der Waals surface area contributed by atoms with Crippen molar-refractivity contribution in [1.82, 2.24) is 19.9 Å². The molecule has 3 aliphatic heterocycles. The normalized spacial score (nSPS) is 22.9. The van der Waals surface area contributed by atoms with Crippen LogP contribution in [-0.4, -0.2) is 96.7 Å². The van der Waals surface area contributed by atoms with Crippen LogP contribution >= 0.6 is 0 Å². The molecule has 0 bridgehead atoms. The van der Waals surface area contributed by atoms with Crippen molar-refractivity contribution in [2.45, 2.75) is 18.4 Å². The van der Waals surface area contributed by atoms with E-state index in [4.69, 9.17) is 9.26 Å². The van der Waals surface area contributed by atoms with E-state index in [0.717, 1.165) is 4.90 Å². The zero-order valence-electron chi connectivity index (χ0n) is 15.5. The van der Waals surface area contributed by atoms with Crippen molar-refractivity contribution in [3.05, 3.63) is 11.8 Å². The highest BCUT2D eigenvalue weighted by atomic mass is 16.5. The number of ether oxygens (including phenoxy) is 1. The number of amides is 4. The van der Waals surface area contributed by atoms with Crippen molar-refractivity contribution in [3.63, 3.8) is 0 Å². The molecule has 0 radical (unpaired) electrons. The standard InChI is InChI=1S/C17H23N5O5/c1-19-15(24)17(20(2)16(19)25)3-5-22(6-4-17)14(23)12-11-13(18-27-12)21-7-9-26-10-8-21/h11H,3-10H2,1-2H3. The molecule has 3 fully saturated rings. The first-order chi connectivity index (χ1) is 12.9.